The molecular weight excluding hydrogens is 252 g/mol. The fourth-order valence-corrected chi connectivity index (χ4v) is 2.69. The highest BCUT2D eigenvalue weighted by Crippen LogP contribution is 2.18. The number of ether oxygens (including phenoxy) is 2. The number of hydrogen-bond donors (Lipinski definition) is 0. The number of hydrogen-bond acceptors (Lipinski definition) is 3. The van der Waals surface area contributed by atoms with Crippen LogP contribution in [0.15, 0.2) is 0 Å². The fraction of sp³-hybridized carbons (Fsp3) is 0.941. The van der Waals surface area contributed by atoms with Crippen LogP contribution >= 0.6 is 0 Å². The van der Waals surface area contributed by atoms with Crippen LogP contribution in [0.2, 0.25) is 0 Å². The maximum Gasteiger partial charge on any atom is 0.157 e. The summed E-state index contributed by atoms with van der Waals surface area (Å²) >= 11 is 0. The zero-order chi connectivity index (χ0) is 14.5. The predicted molar refractivity (Wildman–Crippen MR) is 81.8 cm³/mol. The molecule has 20 heavy (non-hydrogen) atoms. The first-order chi connectivity index (χ1) is 9.83. The zero-order valence-corrected chi connectivity index (χ0v) is 13.1. The van der Waals surface area contributed by atoms with Crippen molar-refractivity contribution in [2.24, 2.45) is 0 Å². The van der Waals surface area contributed by atoms with Gasteiger partial charge < -0.3 is 14.3 Å². The molecule has 0 spiro atoms. The topological polar surface area (TPSA) is 35.5 Å². The molecule has 3 nitrogen and oxygen atoms in total. The summed E-state index contributed by atoms with van der Waals surface area (Å²) in [7, 11) is 0. The summed E-state index contributed by atoms with van der Waals surface area (Å²) in [5.41, 5.74) is 0. The van der Waals surface area contributed by atoms with Gasteiger partial charge in [0.05, 0.1) is 6.10 Å². The van der Waals surface area contributed by atoms with Crippen molar-refractivity contribution in [3.8, 4) is 0 Å². The molecule has 0 aromatic heterocycles. The van der Waals surface area contributed by atoms with Gasteiger partial charge in [0.1, 0.15) is 6.29 Å². The quantitative estimate of drug-likeness (QED) is 0.387. The van der Waals surface area contributed by atoms with Crippen LogP contribution in [0.1, 0.15) is 84.0 Å². The molecule has 0 saturated carbocycles. The molecular formula is C17H32O3. The van der Waals surface area contributed by atoms with Gasteiger partial charge in [-0.15, -0.1) is 0 Å². The van der Waals surface area contributed by atoms with Gasteiger partial charge in [-0.1, -0.05) is 38.5 Å². The molecule has 2 unspecified atom stereocenters. The Balaban J connectivity index is 1.84. The van der Waals surface area contributed by atoms with E-state index in [-0.39, 0.29) is 6.29 Å². The van der Waals surface area contributed by atoms with Gasteiger partial charge in [-0.3, -0.25) is 0 Å². The summed E-state index contributed by atoms with van der Waals surface area (Å²) in [4.78, 5) is 10.2. The lowest BCUT2D eigenvalue weighted by atomic mass is 10.1. The van der Waals surface area contributed by atoms with Crippen molar-refractivity contribution in [1.82, 2.24) is 0 Å². The van der Waals surface area contributed by atoms with Gasteiger partial charge in [0.2, 0.25) is 0 Å². The van der Waals surface area contributed by atoms with E-state index in [9.17, 15) is 4.79 Å². The van der Waals surface area contributed by atoms with Gasteiger partial charge in [0, 0.05) is 13.0 Å². The summed E-state index contributed by atoms with van der Waals surface area (Å²) in [6.45, 7) is 3.03. The van der Waals surface area contributed by atoms with Crippen molar-refractivity contribution in [3.05, 3.63) is 0 Å². The Morgan fingerprint density at radius 1 is 1.10 bits per heavy atom. The zero-order valence-electron chi connectivity index (χ0n) is 13.1. The van der Waals surface area contributed by atoms with E-state index < -0.39 is 0 Å². The van der Waals surface area contributed by atoms with Crippen LogP contribution in [0.5, 0.6) is 0 Å². The summed E-state index contributed by atoms with van der Waals surface area (Å²) in [6, 6.07) is 0. The van der Waals surface area contributed by atoms with Gasteiger partial charge in [-0.2, -0.15) is 0 Å². The normalized spacial score (nSPS) is 20.8. The third-order valence-corrected chi connectivity index (χ3v) is 3.95. The molecule has 1 aliphatic heterocycles. The molecule has 3 heteroatoms. The molecule has 0 bridgehead atoms. The van der Waals surface area contributed by atoms with Crippen molar-refractivity contribution in [2.45, 2.75) is 96.4 Å². The summed E-state index contributed by atoms with van der Waals surface area (Å²) in [5, 5.41) is 0. The van der Waals surface area contributed by atoms with E-state index in [1.54, 1.807) is 0 Å². The Morgan fingerprint density at radius 3 is 2.45 bits per heavy atom. The van der Waals surface area contributed by atoms with Gasteiger partial charge in [0.15, 0.2) is 6.29 Å². The van der Waals surface area contributed by atoms with Crippen molar-refractivity contribution < 1.29 is 14.3 Å². The highest BCUT2D eigenvalue weighted by molar-refractivity contribution is 5.48. The SMILES string of the molecule is CC(CCCCCCCCCC=O)OC1CCCCO1. The van der Waals surface area contributed by atoms with Crippen LogP contribution in [0.4, 0.5) is 0 Å². The van der Waals surface area contributed by atoms with Crippen LogP contribution in [-0.2, 0) is 14.3 Å². The van der Waals surface area contributed by atoms with Crippen LogP contribution < -0.4 is 0 Å². The third kappa shape index (κ3) is 9.49. The van der Waals surface area contributed by atoms with E-state index in [0.29, 0.717) is 6.10 Å². The lowest BCUT2D eigenvalue weighted by molar-refractivity contribution is -0.185. The predicted octanol–water partition coefficient (Wildman–Crippen LogP) is 4.63. The molecule has 2 atom stereocenters. The monoisotopic (exact) mass is 284 g/mol. The average Bonchev–Trinajstić information content (AvgIpc) is 2.46. The summed E-state index contributed by atoms with van der Waals surface area (Å²) < 4.78 is 11.5. The molecule has 0 N–H and O–H groups in total. The molecule has 1 fully saturated rings. The first-order valence-electron chi connectivity index (χ1n) is 8.53. The first kappa shape index (κ1) is 17.6. The molecule has 0 amide bonds. The Bertz CT molecular complexity index is 224. The third-order valence-electron chi connectivity index (χ3n) is 3.95. The van der Waals surface area contributed by atoms with Crippen molar-refractivity contribution in [2.75, 3.05) is 6.61 Å². The van der Waals surface area contributed by atoms with Crippen LogP contribution in [0.25, 0.3) is 0 Å². The fourth-order valence-electron chi connectivity index (χ4n) is 2.69. The minimum atomic E-state index is 0.0524. The molecule has 118 valence electrons. The molecule has 0 radical (unpaired) electrons. The van der Waals surface area contributed by atoms with E-state index in [1.165, 1.54) is 51.4 Å². The standard InChI is InChI=1S/C17H32O3/c1-16(20-17-13-9-11-15-19-17)12-8-6-4-2-3-5-7-10-14-18/h14,16-17H,2-13,15H2,1H3. The van der Waals surface area contributed by atoms with Crippen molar-refractivity contribution in [1.29, 1.82) is 0 Å². The van der Waals surface area contributed by atoms with E-state index in [4.69, 9.17) is 9.47 Å². The van der Waals surface area contributed by atoms with Gasteiger partial charge >= 0.3 is 0 Å². The Labute approximate surface area is 124 Å². The van der Waals surface area contributed by atoms with Gasteiger partial charge in [-0.25, -0.2) is 0 Å². The van der Waals surface area contributed by atoms with Crippen LogP contribution in [-0.4, -0.2) is 25.3 Å². The second-order valence-electron chi connectivity index (χ2n) is 5.96. The number of rotatable bonds is 12. The summed E-state index contributed by atoms with van der Waals surface area (Å²) in [5.74, 6) is 0. The maximum absolute atomic E-state index is 10.2. The smallest absolute Gasteiger partial charge is 0.157 e. The molecule has 1 rings (SSSR count). The molecule has 0 aliphatic carbocycles. The minimum absolute atomic E-state index is 0.0524. The number of unbranched alkanes of at least 4 members (excludes halogenated alkanes) is 7. The highest BCUT2D eigenvalue weighted by Gasteiger charge is 2.16. The van der Waals surface area contributed by atoms with E-state index in [1.807, 2.05) is 0 Å². The number of carbonyl (C=O) groups is 1. The van der Waals surface area contributed by atoms with Crippen molar-refractivity contribution >= 4 is 6.29 Å². The van der Waals surface area contributed by atoms with Crippen LogP contribution in [0.3, 0.4) is 0 Å². The lowest BCUT2D eigenvalue weighted by Gasteiger charge is -2.26. The Kier molecular flexibility index (Phi) is 10.9. The molecule has 0 aromatic carbocycles. The molecule has 1 aliphatic rings. The Hall–Kier alpha value is -0.410. The second kappa shape index (κ2) is 12.3. The summed E-state index contributed by atoms with van der Waals surface area (Å²) in [6.07, 6.45) is 15.5. The van der Waals surface area contributed by atoms with Gasteiger partial charge in [0.25, 0.3) is 0 Å². The van der Waals surface area contributed by atoms with E-state index >= 15 is 0 Å². The lowest BCUT2D eigenvalue weighted by Crippen LogP contribution is -2.26. The van der Waals surface area contributed by atoms with Gasteiger partial charge in [-0.05, 0) is 39.0 Å². The second-order valence-corrected chi connectivity index (χ2v) is 5.96. The number of carbonyl (C=O) groups excluding carboxylic acids is 1. The van der Waals surface area contributed by atoms with Crippen LogP contribution in [0, 0.1) is 0 Å². The minimum Gasteiger partial charge on any atom is -0.353 e. The maximum atomic E-state index is 10.2. The van der Waals surface area contributed by atoms with Crippen molar-refractivity contribution in [3.63, 3.8) is 0 Å². The Morgan fingerprint density at radius 2 is 1.80 bits per heavy atom. The average molecular weight is 284 g/mol. The van der Waals surface area contributed by atoms with E-state index in [2.05, 4.69) is 6.92 Å². The molecule has 1 saturated heterocycles. The number of aldehydes is 1. The first-order valence-corrected chi connectivity index (χ1v) is 8.53. The molecule has 0 aromatic rings. The largest absolute Gasteiger partial charge is 0.353 e. The van der Waals surface area contributed by atoms with E-state index in [0.717, 1.165) is 38.6 Å². The highest BCUT2D eigenvalue weighted by atomic mass is 16.7. The molecule has 1 heterocycles.